The van der Waals surface area contributed by atoms with Gasteiger partial charge < -0.3 is 0 Å². The van der Waals surface area contributed by atoms with Crippen LogP contribution in [0.1, 0.15) is 0 Å². The van der Waals surface area contributed by atoms with Crippen molar-refractivity contribution in [1.29, 1.82) is 0 Å². The van der Waals surface area contributed by atoms with Gasteiger partial charge in [-0.2, -0.15) is 0 Å². The first-order valence-electron chi connectivity index (χ1n) is 22.4. The number of aromatic nitrogens is 3. The van der Waals surface area contributed by atoms with E-state index in [2.05, 4.69) is 249 Å². The maximum Gasteiger partial charge on any atom is 0.164 e. The van der Waals surface area contributed by atoms with Crippen LogP contribution in [0.5, 0.6) is 0 Å². The zero-order valence-corrected chi connectivity index (χ0v) is 36.0. The summed E-state index contributed by atoms with van der Waals surface area (Å²) < 4.78 is 0. The molecule has 0 N–H and O–H groups in total. The third kappa shape index (κ3) is 7.29. The Morgan fingerprint density at radius 3 is 1.18 bits per heavy atom. The quantitative estimate of drug-likeness (QED) is 0.153. The highest BCUT2D eigenvalue weighted by molar-refractivity contribution is 6.05. The molecule has 3 heteroatoms. The van der Waals surface area contributed by atoms with Gasteiger partial charge >= 0.3 is 0 Å². The van der Waals surface area contributed by atoms with E-state index >= 15 is 0 Å². The van der Waals surface area contributed by atoms with Crippen LogP contribution in [-0.4, -0.2) is 15.0 Å². The highest BCUT2D eigenvalue weighted by Gasteiger charge is 2.16. The van der Waals surface area contributed by atoms with Crippen LogP contribution in [0.15, 0.2) is 249 Å². The van der Waals surface area contributed by atoms with Crippen molar-refractivity contribution in [1.82, 2.24) is 15.0 Å². The molecule has 0 bridgehead atoms. The van der Waals surface area contributed by atoms with E-state index in [-0.39, 0.29) is 0 Å². The summed E-state index contributed by atoms with van der Waals surface area (Å²) in [5.74, 6) is 1.85. The molecule has 0 atom stereocenters. The molecule has 1 aromatic heterocycles. The van der Waals surface area contributed by atoms with Crippen LogP contribution in [-0.2, 0) is 0 Å². The fourth-order valence-corrected chi connectivity index (χ4v) is 9.47. The second-order valence-corrected chi connectivity index (χ2v) is 16.8. The summed E-state index contributed by atoms with van der Waals surface area (Å²) in [6.45, 7) is 0. The van der Waals surface area contributed by atoms with Gasteiger partial charge in [0.1, 0.15) is 0 Å². The highest BCUT2D eigenvalue weighted by Crippen LogP contribution is 2.38. The molecule has 0 aliphatic heterocycles. The molecule has 3 nitrogen and oxygen atoms in total. The summed E-state index contributed by atoms with van der Waals surface area (Å²) in [4.78, 5) is 15.7. The topological polar surface area (TPSA) is 38.7 Å². The van der Waals surface area contributed by atoms with E-state index in [1.807, 2.05) is 0 Å². The summed E-state index contributed by atoms with van der Waals surface area (Å²) >= 11 is 0. The smallest absolute Gasteiger partial charge is 0.164 e. The fourth-order valence-electron chi connectivity index (χ4n) is 9.47. The number of hydrogen-bond donors (Lipinski definition) is 0. The van der Waals surface area contributed by atoms with E-state index in [9.17, 15) is 0 Å². The molecule has 308 valence electrons. The third-order valence-electron chi connectivity index (χ3n) is 12.7. The third-order valence-corrected chi connectivity index (χ3v) is 12.7. The molecule has 0 spiro atoms. The zero-order valence-electron chi connectivity index (χ0n) is 36.0. The van der Waals surface area contributed by atoms with Crippen molar-refractivity contribution in [2.24, 2.45) is 0 Å². The number of nitrogens with zero attached hydrogens (tertiary/aromatic N) is 3. The fraction of sp³-hybridized carbons (Fsp3) is 0. The van der Waals surface area contributed by atoms with Crippen molar-refractivity contribution in [3.8, 4) is 89.8 Å². The predicted molar refractivity (Wildman–Crippen MR) is 276 cm³/mol. The molecule has 0 aliphatic rings. The summed E-state index contributed by atoms with van der Waals surface area (Å²) in [6.07, 6.45) is 0. The summed E-state index contributed by atoms with van der Waals surface area (Å²) in [7, 11) is 0. The van der Waals surface area contributed by atoms with Crippen molar-refractivity contribution >= 4 is 32.3 Å². The maximum atomic E-state index is 5.25. The first-order valence-corrected chi connectivity index (χ1v) is 22.4. The number of fused-ring (bicyclic) bond motifs is 3. The molecule has 0 amide bonds. The van der Waals surface area contributed by atoms with Crippen LogP contribution in [0.3, 0.4) is 0 Å². The van der Waals surface area contributed by atoms with E-state index < -0.39 is 0 Å². The second-order valence-electron chi connectivity index (χ2n) is 16.8. The highest BCUT2D eigenvalue weighted by atomic mass is 15.0. The van der Waals surface area contributed by atoms with Gasteiger partial charge in [0.2, 0.25) is 0 Å². The summed E-state index contributed by atoms with van der Waals surface area (Å²) in [6, 6.07) is 88.4. The molecule has 0 aliphatic carbocycles. The minimum Gasteiger partial charge on any atom is -0.208 e. The molecule has 0 saturated heterocycles. The zero-order chi connectivity index (χ0) is 43.8. The van der Waals surface area contributed by atoms with Gasteiger partial charge in [-0.1, -0.05) is 231 Å². The Morgan fingerprint density at radius 1 is 0.182 bits per heavy atom. The molecule has 0 saturated carbocycles. The standard InChI is InChI=1S/C63H41N3/c1-3-15-42(16-4-1)47-37-38-58-48(39-47)23-12-27-54(58)45-33-35-46(36-34-45)61-64-62(51-24-9-21-49(40-51)56-28-11-20-44-19-7-8-26-53(44)56)66-63(65-61)52-25-10-22-50(41-52)57-30-14-31-59-55(29-13-32-60(57)59)43-17-5-2-6-18-43/h1-41H. The molecular formula is C63H41N3. The monoisotopic (exact) mass is 839 g/mol. The van der Waals surface area contributed by atoms with Crippen molar-refractivity contribution in [3.05, 3.63) is 249 Å². The van der Waals surface area contributed by atoms with Gasteiger partial charge in [0.05, 0.1) is 0 Å². The van der Waals surface area contributed by atoms with Gasteiger partial charge in [-0.15, -0.1) is 0 Å². The molecule has 0 fully saturated rings. The molecule has 12 aromatic rings. The lowest BCUT2D eigenvalue weighted by molar-refractivity contribution is 1.07. The number of benzene rings is 11. The van der Waals surface area contributed by atoms with Crippen LogP contribution < -0.4 is 0 Å². The van der Waals surface area contributed by atoms with Crippen LogP contribution in [0.2, 0.25) is 0 Å². The maximum absolute atomic E-state index is 5.25. The van der Waals surface area contributed by atoms with Crippen molar-refractivity contribution < 1.29 is 0 Å². The minimum absolute atomic E-state index is 0.616. The van der Waals surface area contributed by atoms with Gasteiger partial charge in [0.25, 0.3) is 0 Å². The van der Waals surface area contributed by atoms with Crippen LogP contribution >= 0.6 is 0 Å². The van der Waals surface area contributed by atoms with E-state index in [1.54, 1.807) is 0 Å². The molecule has 1 heterocycles. The van der Waals surface area contributed by atoms with Crippen molar-refractivity contribution in [2.45, 2.75) is 0 Å². The second kappa shape index (κ2) is 16.7. The lowest BCUT2D eigenvalue weighted by Gasteiger charge is -2.13. The van der Waals surface area contributed by atoms with Crippen molar-refractivity contribution in [2.75, 3.05) is 0 Å². The molecule has 12 rings (SSSR count). The van der Waals surface area contributed by atoms with Gasteiger partial charge in [-0.3, -0.25) is 0 Å². The predicted octanol–water partition coefficient (Wildman–Crippen LogP) is 16.7. The largest absolute Gasteiger partial charge is 0.208 e. The van der Waals surface area contributed by atoms with Gasteiger partial charge in [0, 0.05) is 16.7 Å². The van der Waals surface area contributed by atoms with Gasteiger partial charge in [-0.05, 0) is 106 Å². The average Bonchev–Trinajstić information content (AvgIpc) is 3.40. The van der Waals surface area contributed by atoms with E-state index in [4.69, 9.17) is 15.0 Å². The van der Waals surface area contributed by atoms with Gasteiger partial charge in [-0.25, -0.2) is 15.0 Å². The Hall–Kier alpha value is -8.79. The number of rotatable bonds is 8. The first-order chi connectivity index (χ1) is 32.7. The lowest BCUT2D eigenvalue weighted by atomic mass is 9.92. The van der Waals surface area contributed by atoms with Crippen LogP contribution in [0.25, 0.3) is 122 Å². The average molecular weight is 840 g/mol. The Kier molecular flexibility index (Phi) is 9.85. The van der Waals surface area contributed by atoms with E-state index in [1.165, 1.54) is 65.7 Å². The Balaban J connectivity index is 0.967. The number of hydrogen-bond acceptors (Lipinski definition) is 3. The van der Waals surface area contributed by atoms with E-state index in [0.29, 0.717) is 17.5 Å². The normalized spacial score (nSPS) is 11.3. The SMILES string of the molecule is c1ccc(-c2ccc3c(-c4ccc(-c5nc(-c6cccc(-c7cccc8ccccc78)c6)nc(-c6cccc(-c7cccc8c(-c9ccccc9)cccc78)c6)n5)cc4)cccc3c2)cc1. The molecule has 66 heavy (non-hydrogen) atoms. The lowest BCUT2D eigenvalue weighted by Crippen LogP contribution is -2.00. The van der Waals surface area contributed by atoms with E-state index in [0.717, 1.165) is 38.9 Å². The molecular weight excluding hydrogens is 799 g/mol. The Morgan fingerprint density at radius 2 is 0.545 bits per heavy atom. The van der Waals surface area contributed by atoms with Gasteiger partial charge in [0.15, 0.2) is 17.5 Å². The first kappa shape index (κ1) is 38.9. The molecule has 0 unspecified atom stereocenters. The summed E-state index contributed by atoms with van der Waals surface area (Å²) in [5, 5.41) is 7.24. The Bertz CT molecular complexity index is 3740. The van der Waals surface area contributed by atoms with Crippen LogP contribution in [0, 0.1) is 0 Å². The molecule has 11 aromatic carbocycles. The molecule has 0 radical (unpaired) electrons. The summed E-state index contributed by atoms with van der Waals surface area (Å²) in [5.41, 5.74) is 14.4. The van der Waals surface area contributed by atoms with Crippen molar-refractivity contribution in [3.63, 3.8) is 0 Å². The minimum atomic E-state index is 0.616. The Labute approximate surface area is 384 Å². The van der Waals surface area contributed by atoms with Crippen LogP contribution in [0.4, 0.5) is 0 Å².